The molecule has 0 radical (unpaired) electrons. The van der Waals surface area contributed by atoms with Crippen molar-refractivity contribution in [2.45, 2.75) is 40.2 Å². The zero-order chi connectivity index (χ0) is 13.9. The Morgan fingerprint density at radius 2 is 1.89 bits per heavy atom. The lowest BCUT2D eigenvalue weighted by molar-refractivity contribution is -0.142. The number of nitrogens with zero attached hydrogens (tertiary/aromatic N) is 2. The van der Waals surface area contributed by atoms with Gasteiger partial charge in [0.2, 0.25) is 0 Å². The quantitative estimate of drug-likeness (QED) is 0.813. The molecule has 6 heteroatoms. The van der Waals surface area contributed by atoms with Crippen molar-refractivity contribution >= 4 is 11.9 Å². The summed E-state index contributed by atoms with van der Waals surface area (Å²) in [6.07, 6.45) is 0. The highest BCUT2D eigenvalue weighted by Gasteiger charge is 2.20. The Bertz CT molecular complexity index is 485. The molecule has 18 heavy (non-hydrogen) atoms. The van der Waals surface area contributed by atoms with Crippen LogP contribution in [-0.2, 0) is 20.9 Å². The number of aryl methyl sites for hydroxylation is 2. The summed E-state index contributed by atoms with van der Waals surface area (Å²) in [5.74, 6) is -2.05. The molecule has 6 nitrogen and oxygen atoms in total. The summed E-state index contributed by atoms with van der Waals surface area (Å²) < 4.78 is 4.85. The van der Waals surface area contributed by atoms with Gasteiger partial charge in [-0.2, -0.15) is 0 Å². The first-order valence-electron chi connectivity index (χ1n) is 5.53. The molecule has 0 bridgehead atoms. The number of hydrogen-bond acceptors (Lipinski definition) is 5. The number of aliphatic carboxylic acids is 1. The highest BCUT2D eigenvalue weighted by molar-refractivity contribution is 5.75. The van der Waals surface area contributed by atoms with Gasteiger partial charge in [-0.3, -0.25) is 19.6 Å². The summed E-state index contributed by atoms with van der Waals surface area (Å²) in [5.41, 5.74) is 2.10. The van der Waals surface area contributed by atoms with Gasteiger partial charge in [0.25, 0.3) is 0 Å². The molecule has 1 aromatic heterocycles. The van der Waals surface area contributed by atoms with Crippen molar-refractivity contribution < 1.29 is 19.4 Å². The van der Waals surface area contributed by atoms with Crippen molar-refractivity contribution in [2.24, 2.45) is 0 Å². The summed E-state index contributed by atoms with van der Waals surface area (Å²) in [6.45, 7) is 6.33. The van der Waals surface area contributed by atoms with Crippen molar-refractivity contribution in [2.75, 3.05) is 0 Å². The normalized spacial score (nSPS) is 12.0. The number of aromatic nitrogens is 2. The summed E-state index contributed by atoms with van der Waals surface area (Å²) >= 11 is 0. The summed E-state index contributed by atoms with van der Waals surface area (Å²) in [5, 5.41) is 8.96. The van der Waals surface area contributed by atoms with E-state index in [0.717, 1.165) is 0 Å². The highest BCUT2D eigenvalue weighted by atomic mass is 16.5. The monoisotopic (exact) mass is 252 g/mol. The second-order valence-corrected chi connectivity index (χ2v) is 4.07. The van der Waals surface area contributed by atoms with Crippen LogP contribution >= 0.6 is 0 Å². The lowest BCUT2D eigenvalue weighted by Gasteiger charge is -2.12. The van der Waals surface area contributed by atoms with Crippen LogP contribution in [0.25, 0.3) is 0 Å². The van der Waals surface area contributed by atoms with Crippen molar-refractivity contribution in [3.8, 4) is 0 Å². The van der Waals surface area contributed by atoms with Crippen molar-refractivity contribution in [1.82, 2.24) is 9.97 Å². The molecule has 1 N–H and O–H groups in total. The molecule has 0 spiro atoms. The molecule has 0 saturated carbocycles. The van der Waals surface area contributed by atoms with E-state index in [1.807, 2.05) is 0 Å². The van der Waals surface area contributed by atoms with Crippen molar-refractivity contribution in [3.05, 3.63) is 22.8 Å². The Kier molecular flexibility index (Phi) is 4.36. The minimum atomic E-state index is -0.945. The molecule has 98 valence electrons. The van der Waals surface area contributed by atoms with E-state index in [-0.39, 0.29) is 6.61 Å². The summed E-state index contributed by atoms with van der Waals surface area (Å²) in [6, 6.07) is 0. The molecule has 1 aromatic rings. The summed E-state index contributed by atoms with van der Waals surface area (Å²) in [4.78, 5) is 30.1. The zero-order valence-electron chi connectivity index (χ0n) is 10.9. The maximum atomic E-state index is 10.9. The van der Waals surface area contributed by atoms with Gasteiger partial charge in [0.05, 0.1) is 28.7 Å². The third kappa shape index (κ3) is 3.26. The Morgan fingerprint density at radius 1 is 1.28 bits per heavy atom. The van der Waals surface area contributed by atoms with Crippen LogP contribution in [0.3, 0.4) is 0 Å². The van der Waals surface area contributed by atoms with Gasteiger partial charge in [0.15, 0.2) is 0 Å². The minimum Gasteiger partial charge on any atom is -0.481 e. The Labute approximate surface area is 105 Å². The molecule has 1 unspecified atom stereocenters. The second kappa shape index (κ2) is 5.57. The van der Waals surface area contributed by atoms with Gasteiger partial charge in [0, 0.05) is 6.92 Å². The molecule has 1 rings (SSSR count). The SMILES string of the molecule is CC(=O)OCc1nc(C)c(C(C)C(=O)O)nc1C. The Hall–Kier alpha value is -1.98. The van der Waals surface area contributed by atoms with Crippen LogP contribution in [0, 0.1) is 13.8 Å². The number of hydrogen-bond donors (Lipinski definition) is 1. The van der Waals surface area contributed by atoms with Crippen LogP contribution in [0.4, 0.5) is 0 Å². The number of carboxylic acids is 1. The van der Waals surface area contributed by atoms with E-state index in [0.29, 0.717) is 22.8 Å². The van der Waals surface area contributed by atoms with Crippen LogP contribution in [0.5, 0.6) is 0 Å². The number of ether oxygens (including phenoxy) is 1. The molecule has 0 saturated heterocycles. The van der Waals surface area contributed by atoms with Crippen LogP contribution in [-0.4, -0.2) is 27.0 Å². The molecule has 0 aliphatic carbocycles. The van der Waals surface area contributed by atoms with Gasteiger partial charge in [-0.05, 0) is 20.8 Å². The van der Waals surface area contributed by atoms with Crippen LogP contribution in [0.15, 0.2) is 0 Å². The fourth-order valence-corrected chi connectivity index (χ4v) is 1.50. The maximum absolute atomic E-state index is 10.9. The fourth-order valence-electron chi connectivity index (χ4n) is 1.50. The highest BCUT2D eigenvalue weighted by Crippen LogP contribution is 2.18. The number of carboxylic acid groups (broad SMARTS) is 1. The first-order chi connectivity index (χ1) is 8.32. The van der Waals surface area contributed by atoms with Crippen LogP contribution in [0.2, 0.25) is 0 Å². The van der Waals surface area contributed by atoms with Gasteiger partial charge < -0.3 is 9.84 Å². The van der Waals surface area contributed by atoms with E-state index < -0.39 is 17.9 Å². The van der Waals surface area contributed by atoms with Crippen LogP contribution < -0.4 is 0 Å². The molecule has 1 atom stereocenters. The number of carbonyl (C=O) groups is 2. The van der Waals surface area contributed by atoms with Gasteiger partial charge in [-0.15, -0.1) is 0 Å². The van der Waals surface area contributed by atoms with Gasteiger partial charge in [-0.25, -0.2) is 0 Å². The van der Waals surface area contributed by atoms with E-state index in [2.05, 4.69) is 9.97 Å². The molecule has 0 aliphatic heterocycles. The average molecular weight is 252 g/mol. The predicted molar refractivity (Wildman–Crippen MR) is 63.0 cm³/mol. The maximum Gasteiger partial charge on any atom is 0.312 e. The summed E-state index contributed by atoms with van der Waals surface area (Å²) in [7, 11) is 0. The number of rotatable bonds is 4. The second-order valence-electron chi connectivity index (χ2n) is 4.07. The topological polar surface area (TPSA) is 89.4 Å². The van der Waals surface area contributed by atoms with Crippen molar-refractivity contribution in [3.63, 3.8) is 0 Å². The molecule has 1 heterocycles. The average Bonchev–Trinajstić information content (AvgIpc) is 2.28. The molecular formula is C12H16N2O4. The molecule has 0 fully saturated rings. The molecule has 0 aliphatic rings. The van der Waals surface area contributed by atoms with E-state index in [1.54, 1.807) is 20.8 Å². The minimum absolute atomic E-state index is 0.0523. The number of esters is 1. The Morgan fingerprint density at radius 3 is 2.39 bits per heavy atom. The van der Waals surface area contributed by atoms with Gasteiger partial charge in [-0.1, -0.05) is 0 Å². The first-order valence-corrected chi connectivity index (χ1v) is 5.53. The van der Waals surface area contributed by atoms with Crippen molar-refractivity contribution in [1.29, 1.82) is 0 Å². The lowest BCUT2D eigenvalue weighted by Crippen LogP contribution is -2.15. The standard InChI is InChI=1S/C12H16N2O4/c1-6(12(16)17)11-8(3)13-10(7(2)14-11)5-18-9(4)15/h6H,5H2,1-4H3,(H,16,17). The third-order valence-corrected chi connectivity index (χ3v) is 2.57. The number of carbonyl (C=O) groups excluding carboxylic acids is 1. The molecule has 0 amide bonds. The zero-order valence-corrected chi connectivity index (χ0v) is 10.9. The van der Waals surface area contributed by atoms with E-state index in [1.165, 1.54) is 6.92 Å². The van der Waals surface area contributed by atoms with Crippen LogP contribution in [0.1, 0.15) is 42.5 Å². The van der Waals surface area contributed by atoms with E-state index >= 15 is 0 Å². The third-order valence-electron chi connectivity index (χ3n) is 2.57. The van der Waals surface area contributed by atoms with E-state index in [9.17, 15) is 9.59 Å². The first kappa shape index (κ1) is 14.1. The molecular weight excluding hydrogens is 236 g/mol. The smallest absolute Gasteiger partial charge is 0.312 e. The van der Waals surface area contributed by atoms with Gasteiger partial charge in [0.1, 0.15) is 6.61 Å². The van der Waals surface area contributed by atoms with Gasteiger partial charge >= 0.3 is 11.9 Å². The predicted octanol–water partition coefficient (Wildman–Crippen LogP) is 1.34. The fraction of sp³-hybridized carbons (Fsp3) is 0.500. The lowest BCUT2D eigenvalue weighted by atomic mass is 10.1. The molecule has 0 aromatic carbocycles. The Balaban J connectivity index is 3.04. The van der Waals surface area contributed by atoms with E-state index in [4.69, 9.17) is 9.84 Å². The largest absolute Gasteiger partial charge is 0.481 e.